The summed E-state index contributed by atoms with van der Waals surface area (Å²) in [5, 5.41) is 25.4. The molecule has 0 amide bonds. The monoisotopic (exact) mass is 379 g/mol. The van der Waals surface area contributed by atoms with E-state index in [0.29, 0.717) is 29.0 Å². The lowest BCUT2D eigenvalue weighted by Crippen LogP contribution is -2.12. The van der Waals surface area contributed by atoms with E-state index >= 15 is 0 Å². The molecule has 4 aromatic heterocycles. The zero-order chi connectivity index (χ0) is 19.8. The largest absolute Gasteiger partial charge is 0.495 e. The molecule has 0 aliphatic carbocycles. The van der Waals surface area contributed by atoms with Crippen molar-refractivity contribution in [1.82, 2.24) is 24.3 Å². The number of ether oxygens (including phenoxy) is 1. The number of aromatic nitrogens is 5. The molecular formula is C20H21N5O3. The molecule has 144 valence electrons. The highest BCUT2D eigenvalue weighted by Crippen LogP contribution is 2.34. The van der Waals surface area contributed by atoms with Gasteiger partial charge in [0.2, 0.25) is 5.88 Å². The highest BCUT2D eigenvalue weighted by molar-refractivity contribution is 5.90. The number of methoxy groups -OCH3 is 1. The van der Waals surface area contributed by atoms with Gasteiger partial charge in [-0.2, -0.15) is 5.10 Å². The van der Waals surface area contributed by atoms with E-state index in [4.69, 9.17) is 9.72 Å². The second-order valence-corrected chi connectivity index (χ2v) is 6.77. The number of pyridine rings is 2. The number of rotatable bonds is 5. The molecule has 0 saturated carbocycles. The number of hydrogen-bond acceptors (Lipinski definition) is 6. The standard InChI is InChI=1S/C20H21N5O3/c1-12-6-16(14-7-15(28-3)9-21-8-14)22-17-11-25(20(27)19(12)17)18-4-5-24(23-18)10-13(2)26/h4-9,11,13,26-27H,10H2,1-3H3. The Labute approximate surface area is 161 Å². The molecule has 0 fully saturated rings. The van der Waals surface area contributed by atoms with E-state index < -0.39 is 6.10 Å². The van der Waals surface area contributed by atoms with Crippen LogP contribution in [-0.4, -0.2) is 47.7 Å². The van der Waals surface area contributed by atoms with Gasteiger partial charge in [-0.05, 0) is 31.5 Å². The highest BCUT2D eigenvalue weighted by Gasteiger charge is 2.17. The summed E-state index contributed by atoms with van der Waals surface area (Å²) in [6.07, 6.45) is 6.38. The van der Waals surface area contributed by atoms with Crippen molar-refractivity contribution in [3.8, 4) is 28.7 Å². The van der Waals surface area contributed by atoms with Crippen molar-refractivity contribution in [2.24, 2.45) is 0 Å². The maximum atomic E-state index is 10.8. The maximum absolute atomic E-state index is 10.8. The molecule has 0 bridgehead atoms. The molecule has 2 N–H and O–H groups in total. The molecule has 4 aromatic rings. The Hall–Kier alpha value is -3.39. The van der Waals surface area contributed by atoms with E-state index in [1.54, 1.807) is 54.1 Å². The third-order valence-electron chi connectivity index (χ3n) is 4.52. The molecule has 8 nitrogen and oxygen atoms in total. The second kappa shape index (κ2) is 6.97. The van der Waals surface area contributed by atoms with Crippen LogP contribution in [0.2, 0.25) is 0 Å². The number of nitrogens with zero attached hydrogens (tertiary/aromatic N) is 5. The van der Waals surface area contributed by atoms with Gasteiger partial charge in [0.05, 0.1) is 42.6 Å². The van der Waals surface area contributed by atoms with Crippen LogP contribution >= 0.6 is 0 Å². The lowest BCUT2D eigenvalue weighted by molar-refractivity contribution is 0.168. The van der Waals surface area contributed by atoms with Crippen LogP contribution in [0.25, 0.3) is 28.0 Å². The van der Waals surface area contributed by atoms with Crippen LogP contribution in [-0.2, 0) is 6.54 Å². The number of fused-ring (bicyclic) bond motifs is 1. The van der Waals surface area contributed by atoms with Crippen LogP contribution in [0.5, 0.6) is 11.6 Å². The SMILES string of the molecule is COc1cncc(-c2cc(C)c3c(O)n(-c4ccn(CC(C)O)n4)cc3n2)c1. The van der Waals surface area contributed by atoms with Gasteiger partial charge in [0.15, 0.2) is 5.82 Å². The summed E-state index contributed by atoms with van der Waals surface area (Å²) in [5.74, 6) is 1.29. The molecule has 0 saturated heterocycles. The molecule has 1 atom stereocenters. The predicted octanol–water partition coefficient (Wildman–Crippen LogP) is 2.69. The second-order valence-electron chi connectivity index (χ2n) is 6.77. The van der Waals surface area contributed by atoms with E-state index in [2.05, 4.69) is 10.1 Å². The number of aromatic hydroxyl groups is 1. The third kappa shape index (κ3) is 3.18. The summed E-state index contributed by atoms with van der Waals surface area (Å²) in [5.41, 5.74) is 3.12. The van der Waals surface area contributed by atoms with Crippen molar-refractivity contribution >= 4 is 10.9 Å². The smallest absolute Gasteiger partial charge is 0.206 e. The molecule has 0 aliphatic rings. The van der Waals surface area contributed by atoms with E-state index in [1.807, 2.05) is 19.1 Å². The van der Waals surface area contributed by atoms with Crippen molar-refractivity contribution in [1.29, 1.82) is 0 Å². The fraction of sp³-hybridized carbons (Fsp3) is 0.250. The molecule has 28 heavy (non-hydrogen) atoms. The van der Waals surface area contributed by atoms with Gasteiger partial charge in [0, 0.05) is 30.2 Å². The molecule has 4 heterocycles. The highest BCUT2D eigenvalue weighted by atomic mass is 16.5. The zero-order valence-electron chi connectivity index (χ0n) is 15.9. The van der Waals surface area contributed by atoms with Gasteiger partial charge in [-0.3, -0.25) is 14.2 Å². The molecule has 0 aliphatic heterocycles. The Morgan fingerprint density at radius 1 is 1.25 bits per heavy atom. The lowest BCUT2D eigenvalue weighted by Gasteiger charge is -2.06. The van der Waals surface area contributed by atoms with Gasteiger partial charge in [-0.25, -0.2) is 4.98 Å². The quantitative estimate of drug-likeness (QED) is 0.553. The summed E-state index contributed by atoms with van der Waals surface area (Å²) in [4.78, 5) is 8.88. The molecule has 1 unspecified atom stereocenters. The first-order chi connectivity index (χ1) is 13.5. The third-order valence-corrected chi connectivity index (χ3v) is 4.52. The molecule has 4 rings (SSSR count). The Kier molecular flexibility index (Phi) is 4.48. The van der Waals surface area contributed by atoms with E-state index in [0.717, 1.165) is 16.8 Å². The molecule has 0 aromatic carbocycles. The summed E-state index contributed by atoms with van der Waals surface area (Å²) in [6.45, 7) is 4.01. The van der Waals surface area contributed by atoms with Gasteiger partial charge in [0.1, 0.15) is 5.75 Å². The van der Waals surface area contributed by atoms with Gasteiger partial charge >= 0.3 is 0 Å². The van der Waals surface area contributed by atoms with Crippen LogP contribution in [0.1, 0.15) is 12.5 Å². The average molecular weight is 379 g/mol. The van der Waals surface area contributed by atoms with Crippen LogP contribution in [0, 0.1) is 6.92 Å². The summed E-state index contributed by atoms with van der Waals surface area (Å²) in [7, 11) is 1.59. The minimum absolute atomic E-state index is 0.0811. The fourth-order valence-electron chi connectivity index (χ4n) is 3.23. The minimum Gasteiger partial charge on any atom is -0.495 e. The van der Waals surface area contributed by atoms with E-state index in [1.165, 1.54) is 0 Å². The van der Waals surface area contributed by atoms with E-state index in [-0.39, 0.29) is 5.88 Å². The molecule has 8 heteroatoms. The maximum Gasteiger partial charge on any atom is 0.206 e. The normalized spacial score (nSPS) is 12.4. The van der Waals surface area contributed by atoms with Gasteiger partial charge in [-0.1, -0.05) is 0 Å². The number of aryl methyl sites for hydroxylation is 1. The number of hydrogen-bond donors (Lipinski definition) is 2. The summed E-state index contributed by atoms with van der Waals surface area (Å²) in [6, 6.07) is 5.56. The van der Waals surface area contributed by atoms with Crippen molar-refractivity contribution in [2.45, 2.75) is 26.5 Å². The van der Waals surface area contributed by atoms with Gasteiger partial charge < -0.3 is 14.9 Å². The Balaban J connectivity index is 1.80. The van der Waals surface area contributed by atoms with Crippen LogP contribution in [0.3, 0.4) is 0 Å². The first kappa shape index (κ1) is 18.0. The van der Waals surface area contributed by atoms with Crippen LogP contribution in [0.15, 0.2) is 43.0 Å². The van der Waals surface area contributed by atoms with E-state index in [9.17, 15) is 10.2 Å². The molecular weight excluding hydrogens is 358 g/mol. The minimum atomic E-state index is -0.506. The molecule has 0 radical (unpaired) electrons. The van der Waals surface area contributed by atoms with Crippen molar-refractivity contribution < 1.29 is 14.9 Å². The lowest BCUT2D eigenvalue weighted by atomic mass is 10.1. The van der Waals surface area contributed by atoms with Crippen LogP contribution < -0.4 is 4.74 Å². The number of aliphatic hydroxyl groups excluding tert-OH is 1. The Bertz CT molecular complexity index is 1150. The molecule has 0 spiro atoms. The van der Waals surface area contributed by atoms with Crippen LogP contribution in [0.4, 0.5) is 0 Å². The number of aliphatic hydroxyl groups is 1. The fourth-order valence-corrected chi connectivity index (χ4v) is 3.23. The summed E-state index contributed by atoms with van der Waals surface area (Å²) < 4.78 is 8.47. The van der Waals surface area contributed by atoms with Gasteiger partial charge in [0.25, 0.3) is 0 Å². The topological polar surface area (TPSA) is 98.2 Å². The van der Waals surface area contributed by atoms with Crippen molar-refractivity contribution in [2.75, 3.05) is 7.11 Å². The Morgan fingerprint density at radius 3 is 2.82 bits per heavy atom. The van der Waals surface area contributed by atoms with Gasteiger partial charge in [-0.15, -0.1) is 0 Å². The van der Waals surface area contributed by atoms with Crippen molar-refractivity contribution in [3.05, 3.63) is 48.5 Å². The first-order valence-electron chi connectivity index (χ1n) is 8.89. The van der Waals surface area contributed by atoms with Crippen molar-refractivity contribution in [3.63, 3.8) is 0 Å². The summed E-state index contributed by atoms with van der Waals surface area (Å²) >= 11 is 0. The zero-order valence-corrected chi connectivity index (χ0v) is 15.9. The average Bonchev–Trinajstić information content (AvgIpc) is 3.25. The predicted molar refractivity (Wildman–Crippen MR) is 105 cm³/mol. The Morgan fingerprint density at radius 2 is 2.07 bits per heavy atom. The first-order valence-corrected chi connectivity index (χ1v) is 8.89.